The fraction of sp³-hybridized carbons (Fsp3) is 0.850. The second-order valence-electron chi connectivity index (χ2n) is 6.44. The van der Waals surface area contributed by atoms with E-state index in [1.54, 1.807) is 0 Å². The molecule has 2 heteroatoms. The highest BCUT2D eigenvalue weighted by Crippen LogP contribution is 2.12. The molecule has 0 aromatic rings. The second-order valence-corrected chi connectivity index (χ2v) is 6.44. The van der Waals surface area contributed by atoms with Crippen molar-refractivity contribution in [2.45, 2.75) is 110 Å². The average molecular weight is 311 g/mol. The van der Waals surface area contributed by atoms with Gasteiger partial charge < -0.3 is 5.11 Å². The van der Waals surface area contributed by atoms with Crippen molar-refractivity contribution in [1.82, 2.24) is 0 Å². The number of carboxylic acids is 1. The van der Waals surface area contributed by atoms with Crippen LogP contribution >= 0.6 is 0 Å². The zero-order valence-electron chi connectivity index (χ0n) is 14.8. The number of hydrogen-bond donors (Lipinski definition) is 1. The lowest BCUT2D eigenvalue weighted by molar-refractivity contribution is -0.137. The maximum Gasteiger partial charge on any atom is 0.303 e. The first kappa shape index (κ1) is 21.2. The third-order valence-electron chi connectivity index (χ3n) is 4.15. The molecule has 0 unspecified atom stereocenters. The monoisotopic (exact) mass is 310 g/mol. The molecule has 0 saturated heterocycles. The van der Waals surface area contributed by atoms with E-state index in [-0.39, 0.29) is 0 Å². The van der Waals surface area contributed by atoms with Crippen LogP contribution in [0, 0.1) is 0 Å². The summed E-state index contributed by atoms with van der Waals surface area (Å²) >= 11 is 0. The Morgan fingerprint density at radius 1 is 0.682 bits per heavy atom. The van der Waals surface area contributed by atoms with Gasteiger partial charge in [0.1, 0.15) is 0 Å². The maximum atomic E-state index is 10.3. The Morgan fingerprint density at radius 2 is 1.09 bits per heavy atom. The van der Waals surface area contributed by atoms with E-state index in [1.807, 2.05) is 0 Å². The lowest BCUT2D eigenvalue weighted by Crippen LogP contribution is -1.92. The number of carboxylic acid groups (broad SMARTS) is 1. The number of rotatable bonds is 17. The van der Waals surface area contributed by atoms with Crippen LogP contribution in [0.2, 0.25) is 0 Å². The van der Waals surface area contributed by atoms with E-state index in [9.17, 15) is 4.79 Å². The number of unbranched alkanes of at least 4 members (excludes halogenated alkanes) is 13. The van der Waals surface area contributed by atoms with Gasteiger partial charge in [-0.15, -0.1) is 0 Å². The first-order valence-corrected chi connectivity index (χ1v) is 9.64. The highest BCUT2D eigenvalue weighted by molar-refractivity contribution is 5.66. The molecule has 0 bridgehead atoms. The smallest absolute Gasteiger partial charge is 0.303 e. The van der Waals surface area contributed by atoms with E-state index < -0.39 is 5.97 Å². The molecule has 0 aromatic carbocycles. The summed E-state index contributed by atoms with van der Waals surface area (Å²) in [7, 11) is 0. The van der Waals surface area contributed by atoms with Gasteiger partial charge in [0.15, 0.2) is 0 Å². The third kappa shape index (κ3) is 19.2. The fourth-order valence-corrected chi connectivity index (χ4v) is 2.70. The predicted molar refractivity (Wildman–Crippen MR) is 96.3 cm³/mol. The van der Waals surface area contributed by atoms with Gasteiger partial charge >= 0.3 is 5.97 Å². The average Bonchev–Trinajstić information content (AvgIpc) is 2.50. The van der Waals surface area contributed by atoms with E-state index in [4.69, 9.17) is 5.11 Å². The molecular formula is C20H38O2. The van der Waals surface area contributed by atoms with Crippen LogP contribution in [0.5, 0.6) is 0 Å². The van der Waals surface area contributed by atoms with Gasteiger partial charge in [-0.3, -0.25) is 4.79 Å². The summed E-state index contributed by atoms with van der Waals surface area (Å²) in [4.78, 5) is 10.3. The van der Waals surface area contributed by atoms with Gasteiger partial charge in [-0.25, -0.2) is 0 Å². The molecule has 0 heterocycles. The number of aliphatic carboxylic acids is 1. The Morgan fingerprint density at radius 3 is 1.55 bits per heavy atom. The number of allylic oxidation sites excluding steroid dienone is 2. The van der Waals surface area contributed by atoms with Crippen LogP contribution in [0.4, 0.5) is 0 Å². The summed E-state index contributed by atoms with van der Waals surface area (Å²) in [5, 5.41) is 8.52. The molecule has 1 N–H and O–H groups in total. The Hall–Kier alpha value is -0.790. The van der Waals surface area contributed by atoms with Gasteiger partial charge in [-0.05, 0) is 32.1 Å². The minimum absolute atomic E-state index is 0.312. The molecule has 2 nitrogen and oxygen atoms in total. The molecule has 0 radical (unpaired) electrons. The Labute approximate surface area is 138 Å². The summed E-state index contributed by atoms with van der Waals surface area (Å²) in [6, 6.07) is 0. The van der Waals surface area contributed by atoms with E-state index in [0.29, 0.717) is 6.42 Å². The Bertz CT molecular complexity index is 258. The van der Waals surface area contributed by atoms with Crippen molar-refractivity contribution in [3.8, 4) is 0 Å². The molecule has 0 aliphatic carbocycles. The van der Waals surface area contributed by atoms with Gasteiger partial charge in [0.2, 0.25) is 0 Å². The highest BCUT2D eigenvalue weighted by atomic mass is 16.4. The first-order chi connectivity index (χ1) is 10.8. The van der Waals surface area contributed by atoms with E-state index >= 15 is 0 Å². The van der Waals surface area contributed by atoms with Crippen LogP contribution in [0.1, 0.15) is 110 Å². The summed E-state index contributed by atoms with van der Waals surface area (Å²) in [5.74, 6) is -0.676. The van der Waals surface area contributed by atoms with E-state index in [1.165, 1.54) is 77.0 Å². The minimum atomic E-state index is -0.676. The Balaban J connectivity index is 3.06. The molecule has 0 fully saturated rings. The standard InChI is InChI=1S/C20H38O2/c1-2-3-4-5-6-7-8-9-10-11-12-13-14-15-16-17-18-19-20(21)22/h14-15H,2-13,16-19H2,1H3,(H,21,22)/b15-14-. The van der Waals surface area contributed by atoms with Gasteiger partial charge in [-0.2, -0.15) is 0 Å². The summed E-state index contributed by atoms with van der Waals surface area (Å²) in [6.07, 6.45) is 24.2. The molecule has 0 rings (SSSR count). The van der Waals surface area contributed by atoms with Crippen molar-refractivity contribution in [2.24, 2.45) is 0 Å². The quantitative estimate of drug-likeness (QED) is 0.234. The van der Waals surface area contributed by atoms with Crippen molar-refractivity contribution in [2.75, 3.05) is 0 Å². The molecule has 22 heavy (non-hydrogen) atoms. The SMILES string of the molecule is CCCCCCCCCCCCC/C=C\CCCCC(=O)O. The highest BCUT2D eigenvalue weighted by Gasteiger charge is 1.94. The zero-order valence-corrected chi connectivity index (χ0v) is 14.8. The molecule has 0 aromatic heterocycles. The molecule has 0 spiro atoms. The molecule has 0 saturated carbocycles. The van der Waals surface area contributed by atoms with Crippen molar-refractivity contribution < 1.29 is 9.90 Å². The second kappa shape index (κ2) is 18.3. The summed E-state index contributed by atoms with van der Waals surface area (Å²) < 4.78 is 0. The lowest BCUT2D eigenvalue weighted by Gasteiger charge is -2.01. The van der Waals surface area contributed by atoms with Crippen LogP contribution in [0.25, 0.3) is 0 Å². The largest absolute Gasteiger partial charge is 0.481 e. The third-order valence-corrected chi connectivity index (χ3v) is 4.15. The topological polar surface area (TPSA) is 37.3 Å². The fourth-order valence-electron chi connectivity index (χ4n) is 2.70. The number of carbonyl (C=O) groups is 1. The van der Waals surface area contributed by atoms with Crippen molar-refractivity contribution in [1.29, 1.82) is 0 Å². The minimum Gasteiger partial charge on any atom is -0.481 e. The van der Waals surface area contributed by atoms with Crippen LogP contribution in [-0.2, 0) is 4.79 Å². The van der Waals surface area contributed by atoms with Crippen LogP contribution in [-0.4, -0.2) is 11.1 Å². The lowest BCUT2D eigenvalue weighted by atomic mass is 10.1. The molecule has 0 amide bonds. The first-order valence-electron chi connectivity index (χ1n) is 9.64. The van der Waals surface area contributed by atoms with Crippen molar-refractivity contribution in [3.05, 3.63) is 12.2 Å². The van der Waals surface area contributed by atoms with Crippen LogP contribution in [0.3, 0.4) is 0 Å². The zero-order chi connectivity index (χ0) is 16.3. The molecule has 0 aliphatic rings. The predicted octanol–water partition coefficient (Wildman–Crippen LogP) is 6.89. The molecular weight excluding hydrogens is 272 g/mol. The number of hydrogen-bond acceptors (Lipinski definition) is 1. The van der Waals surface area contributed by atoms with Gasteiger partial charge in [0.25, 0.3) is 0 Å². The Kier molecular flexibility index (Phi) is 17.6. The molecule has 130 valence electrons. The molecule has 0 atom stereocenters. The van der Waals surface area contributed by atoms with E-state index in [2.05, 4.69) is 19.1 Å². The van der Waals surface area contributed by atoms with Crippen LogP contribution < -0.4 is 0 Å². The van der Waals surface area contributed by atoms with E-state index in [0.717, 1.165) is 19.3 Å². The maximum absolute atomic E-state index is 10.3. The summed E-state index contributed by atoms with van der Waals surface area (Å²) in [6.45, 7) is 2.27. The van der Waals surface area contributed by atoms with Gasteiger partial charge in [0.05, 0.1) is 0 Å². The normalized spacial score (nSPS) is 11.3. The van der Waals surface area contributed by atoms with Crippen LogP contribution in [0.15, 0.2) is 12.2 Å². The summed E-state index contributed by atoms with van der Waals surface area (Å²) in [5.41, 5.74) is 0. The van der Waals surface area contributed by atoms with Gasteiger partial charge in [0, 0.05) is 6.42 Å². The van der Waals surface area contributed by atoms with Crippen molar-refractivity contribution >= 4 is 5.97 Å². The van der Waals surface area contributed by atoms with Crippen molar-refractivity contribution in [3.63, 3.8) is 0 Å². The molecule has 0 aliphatic heterocycles. The van der Waals surface area contributed by atoms with Gasteiger partial charge in [-0.1, -0.05) is 83.3 Å².